The second-order valence-corrected chi connectivity index (χ2v) is 4.30. The molecule has 1 atom stereocenters. The summed E-state index contributed by atoms with van der Waals surface area (Å²) in [6.45, 7) is 1.77. The number of carboxylic acid groups (broad SMARTS) is 1. The van der Waals surface area contributed by atoms with Crippen molar-refractivity contribution in [2.24, 2.45) is 0 Å². The molecule has 90 valence electrons. The first kappa shape index (κ1) is 16.6. The van der Waals surface area contributed by atoms with Crippen LogP contribution in [-0.2, 0) is 14.3 Å². The maximum atomic E-state index is 10.7. The Bertz CT molecular complexity index is 209. The van der Waals surface area contributed by atoms with Crippen molar-refractivity contribution < 1.29 is 23.9 Å². The molecule has 0 aromatic heterocycles. The van der Waals surface area contributed by atoms with E-state index in [2.05, 4.69) is 0 Å². The smallest absolute Gasteiger partial charge is 0.307 e. The summed E-state index contributed by atoms with van der Waals surface area (Å²) < 4.78 is 5.46. The van der Waals surface area contributed by atoms with E-state index in [1.807, 2.05) is 21.1 Å². The highest BCUT2D eigenvalue weighted by molar-refractivity contribution is 5.85. The van der Waals surface area contributed by atoms with Crippen LogP contribution in [0.15, 0.2) is 0 Å². The summed E-state index contributed by atoms with van der Waals surface area (Å²) in [6, 6.07) is 0. The SMILES string of the molecule is CC(=O)O[C@@H](CC(=O)O)C[N+](C)(C)C.Cl. The van der Waals surface area contributed by atoms with Crippen LogP contribution in [0, 0.1) is 0 Å². The lowest BCUT2D eigenvalue weighted by Gasteiger charge is -2.28. The second kappa shape index (κ2) is 6.63. The van der Waals surface area contributed by atoms with Crippen LogP contribution in [0.5, 0.6) is 0 Å². The van der Waals surface area contributed by atoms with Gasteiger partial charge in [0.05, 0.1) is 27.6 Å². The molecule has 15 heavy (non-hydrogen) atoms. The number of carboxylic acids is 1. The maximum Gasteiger partial charge on any atom is 0.307 e. The van der Waals surface area contributed by atoms with Gasteiger partial charge < -0.3 is 14.3 Å². The lowest BCUT2D eigenvalue weighted by Crippen LogP contribution is -2.43. The quantitative estimate of drug-likeness (QED) is 0.562. The first-order chi connectivity index (χ1) is 6.20. The summed E-state index contributed by atoms with van der Waals surface area (Å²) in [4.78, 5) is 21.2. The van der Waals surface area contributed by atoms with Crippen molar-refractivity contribution in [3.8, 4) is 0 Å². The second-order valence-electron chi connectivity index (χ2n) is 4.30. The standard InChI is InChI=1S/C9H17NO4.ClH/c1-7(11)14-8(5-9(12)13)6-10(2,3)4;/h8H,5-6H2,1-4H3;1H/p+1/t8-;/m0./s1. The third-order valence-electron chi connectivity index (χ3n) is 1.49. The van der Waals surface area contributed by atoms with Crippen molar-refractivity contribution in [3.05, 3.63) is 0 Å². The summed E-state index contributed by atoms with van der Waals surface area (Å²) in [7, 11) is 5.75. The molecule has 0 aromatic carbocycles. The van der Waals surface area contributed by atoms with Crippen molar-refractivity contribution in [2.75, 3.05) is 27.7 Å². The third-order valence-corrected chi connectivity index (χ3v) is 1.49. The average Bonchev–Trinajstić information content (AvgIpc) is 1.77. The molecule has 0 aromatic rings. The molecule has 0 saturated heterocycles. The third kappa shape index (κ3) is 11.1. The van der Waals surface area contributed by atoms with Gasteiger partial charge in [-0.05, 0) is 0 Å². The Balaban J connectivity index is 0. The Morgan fingerprint density at radius 3 is 2.07 bits per heavy atom. The number of carbonyl (C=O) groups excluding carboxylic acids is 1. The van der Waals surface area contributed by atoms with Gasteiger partial charge in [0.1, 0.15) is 6.54 Å². The van der Waals surface area contributed by atoms with Crippen LogP contribution in [0.1, 0.15) is 13.3 Å². The average molecular weight is 241 g/mol. The molecule has 0 amide bonds. The van der Waals surface area contributed by atoms with Gasteiger partial charge in [-0.2, -0.15) is 0 Å². The number of hydrogen-bond donors (Lipinski definition) is 1. The molecule has 0 spiro atoms. The first-order valence-electron chi connectivity index (χ1n) is 4.40. The minimum atomic E-state index is -0.954. The van der Waals surface area contributed by atoms with Crippen LogP contribution in [0.25, 0.3) is 0 Å². The number of hydrogen-bond acceptors (Lipinski definition) is 3. The van der Waals surface area contributed by atoms with Crippen molar-refractivity contribution in [3.63, 3.8) is 0 Å². The minimum absolute atomic E-state index is 0. The molecule has 0 saturated carbocycles. The van der Waals surface area contributed by atoms with Gasteiger partial charge in [0.2, 0.25) is 0 Å². The number of rotatable bonds is 5. The van der Waals surface area contributed by atoms with Gasteiger partial charge in [-0.3, -0.25) is 9.59 Å². The van der Waals surface area contributed by atoms with Gasteiger partial charge in [0.25, 0.3) is 0 Å². The zero-order chi connectivity index (χ0) is 11.4. The largest absolute Gasteiger partial charge is 0.481 e. The summed E-state index contributed by atoms with van der Waals surface area (Å²) >= 11 is 0. The normalized spacial score (nSPS) is 12.5. The van der Waals surface area contributed by atoms with Gasteiger partial charge in [-0.15, -0.1) is 12.4 Å². The molecular formula is C9H19ClNO4+. The van der Waals surface area contributed by atoms with Gasteiger partial charge in [-0.25, -0.2) is 0 Å². The lowest BCUT2D eigenvalue weighted by molar-refractivity contribution is -0.873. The number of quaternary nitrogens is 1. The van der Waals surface area contributed by atoms with Gasteiger partial charge in [0, 0.05) is 6.92 Å². The molecule has 0 fully saturated rings. The van der Waals surface area contributed by atoms with E-state index >= 15 is 0 Å². The zero-order valence-electron chi connectivity index (χ0n) is 9.52. The maximum absolute atomic E-state index is 10.7. The summed E-state index contributed by atoms with van der Waals surface area (Å²) in [5.74, 6) is -1.39. The molecule has 0 rings (SSSR count). The van der Waals surface area contributed by atoms with Crippen molar-refractivity contribution in [1.29, 1.82) is 0 Å². The summed E-state index contributed by atoms with van der Waals surface area (Å²) in [5, 5.41) is 8.60. The fraction of sp³-hybridized carbons (Fsp3) is 0.778. The highest BCUT2D eigenvalue weighted by atomic mass is 35.5. The summed E-state index contributed by atoms with van der Waals surface area (Å²) in [6.07, 6.45) is -0.695. The number of nitrogens with zero attached hydrogens (tertiary/aromatic N) is 1. The number of esters is 1. The predicted octanol–water partition coefficient (Wildman–Crippen LogP) is 0.521. The molecule has 0 aliphatic carbocycles. The molecule has 0 radical (unpaired) electrons. The van der Waals surface area contributed by atoms with Gasteiger partial charge >= 0.3 is 11.9 Å². The Labute approximate surface area is 96.0 Å². The molecule has 1 N–H and O–H groups in total. The number of ether oxygens (including phenoxy) is 1. The van der Waals surface area contributed by atoms with E-state index in [1.165, 1.54) is 6.92 Å². The van der Waals surface area contributed by atoms with E-state index < -0.39 is 18.0 Å². The Kier molecular flexibility index (Phi) is 7.35. The molecule has 0 aliphatic rings. The van der Waals surface area contributed by atoms with Crippen LogP contribution in [-0.4, -0.2) is 55.3 Å². The topological polar surface area (TPSA) is 63.6 Å². The highest BCUT2D eigenvalue weighted by Gasteiger charge is 2.23. The van der Waals surface area contributed by atoms with Crippen LogP contribution in [0.4, 0.5) is 0 Å². The highest BCUT2D eigenvalue weighted by Crippen LogP contribution is 2.04. The molecule has 0 aliphatic heterocycles. The van der Waals surface area contributed by atoms with Gasteiger partial charge in [0.15, 0.2) is 6.10 Å². The number of carbonyl (C=O) groups is 2. The van der Waals surface area contributed by atoms with Crippen LogP contribution in [0.3, 0.4) is 0 Å². The number of halogens is 1. The van der Waals surface area contributed by atoms with E-state index in [0.29, 0.717) is 11.0 Å². The fourth-order valence-electron chi connectivity index (χ4n) is 1.18. The monoisotopic (exact) mass is 240 g/mol. The molecule has 0 bridgehead atoms. The van der Waals surface area contributed by atoms with Crippen LogP contribution in [0.2, 0.25) is 0 Å². The predicted molar refractivity (Wildman–Crippen MR) is 58.0 cm³/mol. The zero-order valence-corrected chi connectivity index (χ0v) is 10.3. The minimum Gasteiger partial charge on any atom is -0.481 e. The van der Waals surface area contributed by atoms with E-state index in [4.69, 9.17) is 9.84 Å². The molecule has 6 heteroatoms. The Morgan fingerprint density at radius 2 is 1.80 bits per heavy atom. The van der Waals surface area contributed by atoms with E-state index in [9.17, 15) is 9.59 Å². The first-order valence-corrected chi connectivity index (χ1v) is 4.40. The summed E-state index contributed by atoms with van der Waals surface area (Å²) in [5.41, 5.74) is 0. The van der Waals surface area contributed by atoms with Crippen molar-refractivity contribution in [1.82, 2.24) is 0 Å². The molecule has 0 unspecified atom stereocenters. The van der Waals surface area contributed by atoms with Gasteiger partial charge in [-0.1, -0.05) is 0 Å². The molecular weight excluding hydrogens is 222 g/mol. The molecule has 5 nitrogen and oxygen atoms in total. The van der Waals surface area contributed by atoms with Crippen LogP contribution < -0.4 is 0 Å². The lowest BCUT2D eigenvalue weighted by atomic mass is 10.2. The van der Waals surface area contributed by atoms with Crippen LogP contribution >= 0.6 is 12.4 Å². The van der Waals surface area contributed by atoms with E-state index in [1.54, 1.807) is 0 Å². The number of aliphatic carboxylic acids is 1. The van der Waals surface area contributed by atoms with E-state index in [-0.39, 0.29) is 18.8 Å². The Hall–Kier alpha value is -0.810. The fourth-order valence-corrected chi connectivity index (χ4v) is 1.18. The van der Waals surface area contributed by atoms with E-state index in [0.717, 1.165) is 0 Å². The number of likely N-dealkylation sites (N-methyl/N-ethyl adjacent to an activating group) is 1. The molecule has 0 heterocycles. The van der Waals surface area contributed by atoms with Crippen molar-refractivity contribution >= 4 is 24.3 Å². The van der Waals surface area contributed by atoms with Crippen molar-refractivity contribution in [2.45, 2.75) is 19.4 Å². The Morgan fingerprint density at radius 1 is 1.33 bits per heavy atom.